The molecule has 0 saturated carbocycles. The standard InChI is InChI=1S/C24H25N3O5S/c28-23(18-7-9-19(10-8-18)26-24(29)22-6-5-17-32-22)25-20-11-13-21(14-12-20)33(30,31)27-15-3-1-2-4-16-27/h5-14,17H,1-4,15-16H2,(H,25,28)(H,26,29). The number of hydrogen-bond acceptors (Lipinski definition) is 5. The average Bonchev–Trinajstić information content (AvgIpc) is 3.22. The van der Waals surface area contributed by atoms with Crippen molar-refractivity contribution in [2.45, 2.75) is 30.6 Å². The van der Waals surface area contributed by atoms with Crippen LogP contribution >= 0.6 is 0 Å². The van der Waals surface area contributed by atoms with Gasteiger partial charge >= 0.3 is 0 Å². The molecular formula is C24H25N3O5S. The van der Waals surface area contributed by atoms with Gasteiger partial charge in [-0.05, 0) is 73.5 Å². The number of carbonyl (C=O) groups is 2. The molecular weight excluding hydrogens is 442 g/mol. The number of rotatable bonds is 6. The molecule has 0 atom stereocenters. The first kappa shape index (κ1) is 22.8. The summed E-state index contributed by atoms with van der Waals surface area (Å²) in [6, 6.07) is 15.8. The second-order valence-electron chi connectivity index (χ2n) is 7.81. The van der Waals surface area contributed by atoms with Gasteiger partial charge in [0.25, 0.3) is 11.8 Å². The number of furan rings is 1. The number of carbonyl (C=O) groups excluding carboxylic acids is 2. The van der Waals surface area contributed by atoms with E-state index < -0.39 is 10.0 Å². The Balaban J connectivity index is 1.37. The Hall–Kier alpha value is -3.43. The Kier molecular flexibility index (Phi) is 6.90. The Bertz CT molecular complexity index is 1200. The first-order chi connectivity index (χ1) is 15.9. The molecule has 2 amide bonds. The summed E-state index contributed by atoms with van der Waals surface area (Å²) in [5.74, 6) is -0.535. The van der Waals surface area contributed by atoms with Crippen LogP contribution in [-0.2, 0) is 10.0 Å². The summed E-state index contributed by atoms with van der Waals surface area (Å²) in [7, 11) is -3.53. The summed E-state index contributed by atoms with van der Waals surface area (Å²) < 4.78 is 32.4. The third-order valence-corrected chi connectivity index (χ3v) is 7.38. The highest BCUT2D eigenvalue weighted by Crippen LogP contribution is 2.22. The third kappa shape index (κ3) is 5.50. The fourth-order valence-electron chi connectivity index (χ4n) is 3.65. The van der Waals surface area contributed by atoms with E-state index in [0.717, 1.165) is 25.7 Å². The normalized spacial score (nSPS) is 14.9. The molecule has 1 aliphatic rings. The molecule has 1 aliphatic heterocycles. The molecule has 1 fully saturated rings. The van der Waals surface area contributed by atoms with Gasteiger partial charge in [0.1, 0.15) is 0 Å². The first-order valence-corrected chi connectivity index (χ1v) is 12.2. The van der Waals surface area contributed by atoms with E-state index in [-0.39, 0.29) is 22.5 Å². The molecule has 8 nitrogen and oxygen atoms in total. The molecule has 4 rings (SSSR count). The predicted octanol–water partition coefficient (Wildman–Crippen LogP) is 4.35. The lowest BCUT2D eigenvalue weighted by Gasteiger charge is -2.20. The van der Waals surface area contributed by atoms with Crippen molar-refractivity contribution in [3.8, 4) is 0 Å². The maximum atomic E-state index is 12.9. The summed E-state index contributed by atoms with van der Waals surface area (Å²) in [4.78, 5) is 24.8. The molecule has 0 aliphatic carbocycles. The van der Waals surface area contributed by atoms with Crippen molar-refractivity contribution >= 4 is 33.2 Å². The van der Waals surface area contributed by atoms with Crippen molar-refractivity contribution in [2.24, 2.45) is 0 Å². The average molecular weight is 468 g/mol. The lowest BCUT2D eigenvalue weighted by atomic mass is 10.2. The van der Waals surface area contributed by atoms with E-state index in [1.807, 2.05) is 0 Å². The van der Waals surface area contributed by atoms with Gasteiger partial charge in [-0.25, -0.2) is 8.42 Å². The molecule has 0 unspecified atom stereocenters. The Morgan fingerprint density at radius 2 is 1.33 bits per heavy atom. The predicted molar refractivity (Wildman–Crippen MR) is 125 cm³/mol. The molecule has 2 aromatic carbocycles. The third-order valence-electron chi connectivity index (χ3n) is 5.46. The fourth-order valence-corrected chi connectivity index (χ4v) is 5.17. The Morgan fingerprint density at radius 1 is 0.758 bits per heavy atom. The molecule has 1 saturated heterocycles. The van der Waals surface area contributed by atoms with Crippen molar-refractivity contribution in [1.29, 1.82) is 0 Å². The summed E-state index contributed by atoms with van der Waals surface area (Å²) in [6.45, 7) is 1.08. The maximum Gasteiger partial charge on any atom is 0.291 e. The topological polar surface area (TPSA) is 109 Å². The minimum absolute atomic E-state index is 0.193. The van der Waals surface area contributed by atoms with Crippen LogP contribution in [0.2, 0.25) is 0 Å². The number of nitrogens with zero attached hydrogens (tertiary/aromatic N) is 1. The van der Waals surface area contributed by atoms with E-state index in [4.69, 9.17) is 4.42 Å². The number of anilines is 2. The SMILES string of the molecule is O=C(Nc1ccc(S(=O)(=O)N2CCCCCC2)cc1)c1ccc(NC(=O)c2ccco2)cc1. The number of benzene rings is 2. The van der Waals surface area contributed by atoms with Crippen LogP contribution in [0.25, 0.3) is 0 Å². The van der Waals surface area contributed by atoms with Gasteiger partial charge in [-0.15, -0.1) is 0 Å². The van der Waals surface area contributed by atoms with E-state index in [1.165, 1.54) is 18.4 Å². The van der Waals surface area contributed by atoms with E-state index >= 15 is 0 Å². The van der Waals surface area contributed by atoms with Gasteiger partial charge in [-0.1, -0.05) is 12.8 Å². The highest BCUT2D eigenvalue weighted by atomic mass is 32.2. The number of sulfonamides is 1. The van der Waals surface area contributed by atoms with Gasteiger partial charge in [-0.3, -0.25) is 9.59 Å². The Morgan fingerprint density at radius 3 is 1.91 bits per heavy atom. The van der Waals surface area contributed by atoms with Crippen molar-refractivity contribution in [3.05, 3.63) is 78.3 Å². The second-order valence-corrected chi connectivity index (χ2v) is 9.74. The molecule has 2 heterocycles. The summed E-state index contributed by atoms with van der Waals surface area (Å²) in [5.41, 5.74) is 1.41. The molecule has 33 heavy (non-hydrogen) atoms. The van der Waals surface area contributed by atoms with Crippen LogP contribution < -0.4 is 10.6 Å². The first-order valence-electron chi connectivity index (χ1n) is 10.8. The maximum absolute atomic E-state index is 12.9. The lowest BCUT2D eigenvalue weighted by Crippen LogP contribution is -2.31. The van der Waals surface area contributed by atoms with E-state index in [0.29, 0.717) is 30.0 Å². The number of nitrogens with one attached hydrogen (secondary N) is 2. The van der Waals surface area contributed by atoms with Crippen LogP contribution in [-0.4, -0.2) is 37.6 Å². The molecule has 0 spiro atoms. The smallest absolute Gasteiger partial charge is 0.291 e. The van der Waals surface area contributed by atoms with Crippen LogP contribution in [0.1, 0.15) is 46.6 Å². The van der Waals surface area contributed by atoms with Crippen molar-refractivity contribution < 1.29 is 22.4 Å². The molecule has 9 heteroatoms. The monoisotopic (exact) mass is 467 g/mol. The van der Waals surface area contributed by atoms with E-state index in [9.17, 15) is 18.0 Å². The van der Waals surface area contributed by atoms with Gasteiger partial charge in [0.05, 0.1) is 11.2 Å². The molecule has 3 aromatic rings. The molecule has 0 bridgehead atoms. The van der Waals surface area contributed by atoms with E-state index in [2.05, 4.69) is 10.6 Å². The molecule has 1 aromatic heterocycles. The van der Waals surface area contributed by atoms with Crippen molar-refractivity contribution in [2.75, 3.05) is 23.7 Å². The van der Waals surface area contributed by atoms with Crippen LogP contribution in [0.4, 0.5) is 11.4 Å². The zero-order valence-corrected chi connectivity index (χ0v) is 18.8. The highest BCUT2D eigenvalue weighted by Gasteiger charge is 2.25. The molecule has 2 N–H and O–H groups in total. The van der Waals surface area contributed by atoms with Crippen LogP contribution in [0.3, 0.4) is 0 Å². The molecule has 0 radical (unpaired) electrons. The summed E-state index contributed by atoms with van der Waals surface area (Å²) in [5, 5.41) is 5.45. The zero-order chi connectivity index (χ0) is 23.3. The van der Waals surface area contributed by atoms with Crippen LogP contribution in [0.15, 0.2) is 76.2 Å². The second kappa shape index (κ2) is 10.0. The minimum atomic E-state index is -3.53. The number of hydrogen-bond donors (Lipinski definition) is 2. The van der Waals surface area contributed by atoms with Gasteiger partial charge in [-0.2, -0.15) is 4.31 Å². The summed E-state index contributed by atoms with van der Waals surface area (Å²) in [6.07, 6.45) is 5.26. The quantitative estimate of drug-likeness (QED) is 0.560. The van der Waals surface area contributed by atoms with E-state index in [1.54, 1.807) is 52.8 Å². The van der Waals surface area contributed by atoms with Gasteiger partial charge in [0.15, 0.2) is 5.76 Å². The minimum Gasteiger partial charge on any atom is -0.459 e. The zero-order valence-electron chi connectivity index (χ0n) is 18.0. The van der Waals surface area contributed by atoms with Gasteiger partial charge < -0.3 is 15.1 Å². The molecule has 172 valence electrons. The Labute approximate surface area is 192 Å². The van der Waals surface area contributed by atoms with Crippen molar-refractivity contribution in [3.63, 3.8) is 0 Å². The number of amides is 2. The summed E-state index contributed by atoms with van der Waals surface area (Å²) >= 11 is 0. The van der Waals surface area contributed by atoms with Crippen molar-refractivity contribution in [1.82, 2.24) is 4.31 Å². The fraction of sp³-hybridized carbons (Fsp3) is 0.250. The van der Waals surface area contributed by atoms with Gasteiger partial charge in [0.2, 0.25) is 10.0 Å². The highest BCUT2D eigenvalue weighted by molar-refractivity contribution is 7.89. The van der Waals surface area contributed by atoms with Gasteiger partial charge in [0, 0.05) is 30.0 Å². The largest absolute Gasteiger partial charge is 0.459 e. The lowest BCUT2D eigenvalue weighted by molar-refractivity contribution is 0.0995. The van der Waals surface area contributed by atoms with Crippen LogP contribution in [0.5, 0.6) is 0 Å². The van der Waals surface area contributed by atoms with Crippen LogP contribution in [0, 0.1) is 0 Å².